The van der Waals surface area contributed by atoms with E-state index >= 15 is 0 Å². The van der Waals surface area contributed by atoms with Gasteiger partial charge < -0.3 is 4.90 Å². The minimum Gasteiger partial charge on any atom is -0.341 e. The van der Waals surface area contributed by atoms with Crippen LogP contribution in [0.2, 0.25) is 10.0 Å². The van der Waals surface area contributed by atoms with Gasteiger partial charge in [-0.3, -0.25) is 14.9 Å². The molecule has 7 heteroatoms. The van der Waals surface area contributed by atoms with Crippen molar-refractivity contribution in [3.63, 3.8) is 0 Å². The van der Waals surface area contributed by atoms with Gasteiger partial charge in [0.25, 0.3) is 11.6 Å². The Labute approximate surface area is 126 Å². The lowest BCUT2D eigenvalue weighted by molar-refractivity contribution is -0.384. The van der Waals surface area contributed by atoms with Gasteiger partial charge >= 0.3 is 0 Å². The molecule has 1 amide bonds. The molecule has 1 aliphatic rings. The molecule has 2 rings (SSSR count). The van der Waals surface area contributed by atoms with Gasteiger partial charge in [-0.05, 0) is 24.8 Å². The number of rotatable bonds is 4. The molecule has 0 bridgehead atoms. The van der Waals surface area contributed by atoms with Gasteiger partial charge in [0.2, 0.25) is 0 Å². The van der Waals surface area contributed by atoms with Gasteiger partial charge in [-0.25, -0.2) is 0 Å². The topological polar surface area (TPSA) is 63.5 Å². The number of carbonyl (C=O) groups excluding carboxylic acids is 1. The number of carbonyl (C=O) groups is 1. The van der Waals surface area contributed by atoms with Gasteiger partial charge in [0, 0.05) is 25.2 Å². The third-order valence-electron chi connectivity index (χ3n) is 3.56. The Kier molecular flexibility index (Phi) is 4.50. The van der Waals surface area contributed by atoms with Crippen LogP contribution in [0, 0.1) is 16.0 Å². The summed E-state index contributed by atoms with van der Waals surface area (Å²) in [4.78, 5) is 24.1. The van der Waals surface area contributed by atoms with Crippen molar-refractivity contribution in [3.8, 4) is 0 Å². The number of amides is 1. The van der Waals surface area contributed by atoms with Crippen molar-refractivity contribution in [2.45, 2.75) is 19.3 Å². The van der Waals surface area contributed by atoms with Gasteiger partial charge in [0.1, 0.15) is 5.02 Å². The second-order valence-corrected chi connectivity index (χ2v) is 5.82. The summed E-state index contributed by atoms with van der Waals surface area (Å²) in [5.74, 6) is 0.250. The van der Waals surface area contributed by atoms with Crippen LogP contribution in [0.4, 0.5) is 5.69 Å². The van der Waals surface area contributed by atoms with Crippen molar-refractivity contribution >= 4 is 34.8 Å². The number of nitrogens with zero attached hydrogens (tertiary/aromatic N) is 2. The molecule has 20 heavy (non-hydrogen) atoms. The molecule has 0 heterocycles. The van der Waals surface area contributed by atoms with Crippen LogP contribution in [-0.4, -0.2) is 29.3 Å². The highest BCUT2D eigenvalue weighted by atomic mass is 35.5. The summed E-state index contributed by atoms with van der Waals surface area (Å²) in [6, 6.07) is 2.55. The third kappa shape index (κ3) is 3.04. The van der Waals surface area contributed by atoms with Crippen LogP contribution in [0.1, 0.15) is 29.6 Å². The highest BCUT2D eigenvalue weighted by molar-refractivity contribution is 6.43. The first-order valence-electron chi connectivity index (χ1n) is 6.29. The summed E-state index contributed by atoms with van der Waals surface area (Å²) >= 11 is 11.6. The van der Waals surface area contributed by atoms with E-state index in [1.54, 1.807) is 11.9 Å². The zero-order chi connectivity index (χ0) is 14.9. The van der Waals surface area contributed by atoms with Gasteiger partial charge in [-0.1, -0.05) is 29.6 Å². The standard InChI is InChI=1S/C13H14Cl2N2O3/c1-16(7-8-3-2-4-8)13(18)9-5-10(14)12(15)11(6-9)17(19)20/h5-6,8H,2-4,7H2,1H3. The molecule has 1 aromatic rings. The summed E-state index contributed by atoms with van der Waals surface area (Å²) in [6.45, 7) is 0.660. The minimum atomic E-state index is -0.642. The van der Waals surface area contributed by atoms with Crippen LogP contribution in [0.15, 0.2) is 12.1 Å². The van der Waals surface area contributed by atoms with E-state index in [0.29, 0.717) is 12.5 Å². The molecule has 1 aliphatic carbocycles. The van der Waals surface area contributed by atoms with Crippen LogP contribution >= 0.6 is 23.2 Å². The van der Waals surface area contributed by atoms with Gasteiger partial charge in [0.05, 0.1) is 9.95 Å². The molecule has 0 N–H and O–H groups in total. The van der Waals surface area contributed by atoms with Crippen molar-refractivity contribution in [2.24, 2.45) is 5.92 Å². The van der Waals surface area contributed by atoms with E-state index in [4.69, 9.17) is 23.2 Å². The average Bonchev–Trinajstić information content (AvgIpc) is 2.35. The first-order valence-corrected chi connectivity index (χ1v) is 7.04. The quantitative estimate of drug-likeness (QED) is 0.627. The molecular weight excluding hydrogens is 303 g/mol. The Hall–Kier alpha value is -1.33. The number of benzene rings is 1. The fraction of sp³-hybridized carbons (Fsp3) is 0.462. The Morgan fingerprint density at radius 2 is 2.10 bits per heavy atom. The highest BCUT2D eigenvalue weighted by Crippen LogP contribution is 2.33. The molecule has 0 aliphatic heterocycles. The number of hydrogen-bond donors (Lipinski definition) is 0. The van der Waals surface area contributed by atoms with E-state index < -0.39 is 4.92 Å². The van der Waals surface area contributed by atoms with Crippen LogP contribution < -0.4 is 0 Å². The van der Waals surface area contributed by atoms with Crippen molar-refractivity contribution in [3.05, 3.63) is 37.9 Å². The molecule has 108 valence electrons. The largest absolute Gasteiger partial charge is 0.341 e. The zero-order valence-corrected chi connectivity index (χ0v) is 12.4. The molecule has 0 aromatic heterocycles. The molecule has 0 saturated heterocycles. The Morgan fingerprint density at radius 1 is 1.45 bits per heavy atom. The number of nitro groups is 1. The van der Waals surface area contributed by atoms with E-state index in [2.05, 4.69) is 0 Å². The lowest BCUT2D eigenvalue weighted by Crippen LogP contribution is -2.34. The SMILES string of the molecule is CN(CC1CCC1)C(=O)c1cc(Cl)c(Cl)c([N+](=O)[O-])c1. The Balaban J connectivity index is 2.22. The number of halogens is 2. The third-order valence-corrected chi connectivity index (χ3v) is 4.35. The van der Waals surface area contributed by atoms with Crippen LogP contribution in [0.5, 0.6) is 0 Å². The fourth-order valence-corrected chi connectivity index (χ4v) is 2.59. The van der Waals surface area contributed by atoms with Gasteiger partial charge in [-0.2, -0.15) is 0 Å². The summed E-state index contributed by atoms with van der Waals surface area (Å²) < 4.78 is 0. The summed E-state index contributed by atoms with van der Waals surface area (Å²) in [7, 11) is 1.69. The van der Waals surface area contributed by atoms with E-state index in [1.807, 2.05) is 0 Å². The smallest absolute Gasteiger partial charge is 0.290 e. The van der Waals surface area contributed by atoms with E-state index in [-0.39, 0.29) is 27.2 Å². The predicted octanol–water partition coefficient (Wildman–Crippen LogP) is 3.77. The van der Waals surface area contributed by atoms with Crippen molar-refractivity contribution in [1.29, 1.82) is 0 Å². The maximum absolute atomic E-state index is 12.3. The molecule has 0 unspecified atom stereocenters. The molecule has 0 spiro atoms. The van der Waals surface area contributed by atoms with Gasteiger partial charge in [-0.15, -0.1) is 0 Å². The summed E-state index contributed by atoms with van der Waals surface area (Å²) in [6.07, 6.45) is 3.45. The maximum Gasteiger partial charge on any atom is 0.290 e. The monoisotopic (exact) mass is 316 g/mol. The first-order chi connectivity index (χ1) is 9.40. The van der Waals surface area contributed by atoms with Gasteiger partial charge in [0.15, 0.2) is 0 Å². The molecule has 1 saturated carbocycles. The molecule has 1 fully saturated rings. The van der Waals surface area contributed by atoms with Crippen LogP contribution in [0.3, 0.4) is 0 Å². The molecular formula is C13H14Cl2N2O3. The molecule has 1 aromatic carbocycles. The Bertz CT molecular complexity index is 559. The second kappa shape index (κ2) is 5.97. The van der Waals surface area contributed by atoms with E-state index in [0.717, 1.165) is 12.8 Å². The summed E-state index contributed by atoms with van der Waals surface area (Å²) in [5.41, 5.74) is -0.160. The zero-order valence-electron chi connectivity index (χ0n) is 10.9. The second-order valence-electron chi connectivity index (χ2n) is 5.03. The van der Waals surface area contributed by atoms with Crippen molar-refractivity contribution < 1.29 is 9.72 Å². The van der Waals surface area contributed by atoms with E-state index in [9.17, 15) is 14.9 Å². The maximum atomic E-state index is 12.3. The molecule has 5 nitrogen and oxygen atoms in total. The normalized spacial score (nSPS) is 14.8. The number of nitro benzene ring substituents is 1. The van der Waals surface area contributed by atoms with Crippen molar-refractivity contribution in [1.82, 2.24) is 4.90 Å². The average molecular weight is 317 g/mol. The lowest BCUT2D eigenvalue weighted by atomic mass is 9.85. The fourth-order valence-electron chi connectivity index (χ4n) is 2.20. The minimum absolute atomic E-state index is 0.0151. The van der Waals surface area contributed by atoms with Crippen LogP contribution in [0.25, 0.3) is 0 Å². The summed E-state index contributed by atoms with van der Waals surface area (Å²) in [5, 5.41) is 10.8. The number of hydrogen-bond acceptors (Lipinski definition) is 3. The first kappa shape index (κ1) is 15.1. The molecule has 0 radical (unpaired) electrons. The molecule has 0 atom stereocenters. The lowest BCUT2D eigenvalue weighted by Gasteiger charge is -2.30. The highest BCUT2D eigenvalue weighted by Gasteiger charge is 2.25. The Morgan fingerprint density at radius 3 is 2.60 bits per heavy atom. The van der Waals surface area contributed by atoms with Crippen LogP contribution in [-0.2, 0) is 0 Å². The predicted molar refractivity (Wildman–Crippen MR) is 77.4 cm³/mol. The van der Waals surface area contributed by atoms with Crippen molar-refractivity contribution in [2.75, 3.05) is 13.6 Å². The van der Waals surface area contributed by atoms with E-state index in [1.165, 1.54) is 18.6 Å².